The minimum Gasteiger partial charge on any atom is -0.386 e. The van der Waals surface area contributed by atoms with E-state index >= 15 is 0 Å². The minimum atomic E-state index is -1.46. The molecule has 1 aliphatic carbocycles. The molecule has 1 aliphatic rings. The van der Waals surface area contributed by atoms with Crippen LogP contribution in [0.1, 0.15) is 50.8 Å². The largest absolute Gasteiger partial charge is 0.386 e. The third-order valence-electron chi connectivity index (χ3n) is 6.01. The fourth-order valence-electron chi connectivity index (χ4n) is 4.00. The first-order valence-electron chi connectivity index (χ1n) is 12.0. The number of aromatic nitrogens is 5. The summed E-state index contributed by atoms with van der Waals surface area (Å²) in [5.41, 5.74) is 6.78. The molecule has 5 N–H and O–H groups in total. The molecular formula is C23H31F2N7O3S. The highest BCUT2D eigenvalue weighted by molar-refractivity contribution is 7.99. The summed E-state index contributed by atoms with van der Waals surface area (Å²) >= 11 is 1.45. The van der Waals surface area contributed by atoms with Gasteiger partial charge >= 0.3 is 0 Å². The second-order valence-corrected chi connectivity index (χ2v) is 9.75. The number of nitrogens with zero attached hydrogens (tertiary/aromatic N) is 5. The minimum absolute atomic E-state index is 0.00989. The van der Waals surface area contributed by atoms with Crippen molar-refractivity contribution in [1.29, 1.82) is 0 Å². The zero-order valence-corrected chi connectivity index (χ0v) is 21.0. The summed E-state index contributed by atoms with van der Waals surface area (Å²) in [7, 11) is 0. The molecule has 0 aliphatic heterocycles. The molecule has 0 saturated heterocycles. The van der Waals surface area contributed by atoms with Crippen LogP contribution in [0.2, 0.25) is 0 Å². The number of ether oxygens (including phenoxy) is 1. The second kappa shape index (κ2) is 11.7. The van der Waals surface area contributed by atoms with E-state index in [0.717, 1.165) is 22.9 Å². The van der Waals surface area contributed by atoms with Crippen molar-refractivity contribution in [2.24, 2.45) is 5.73 Å². The highest BCUT2D eigenvalue weighted by Crippen LogP contribution is 2.43. The number of halogens is 2. The van der Waals surface area contributed by atoms with E-state index in [0.29, 0.717) is 41.4 Å². The summed E-state index contributed by atoms with van der Waals surface area (Å²) in [5, 5.41) is 33.7. The Morgan fingerprint density at radius 3 is 2.75 bits per heavy atom. The number of thioether (sulfide) groups is 1. The number of anilines is 1. The van der Waals surface area contributed by atoms with Gasteiger partial charge in [-0.05, 0) is 37.0 Å². The molecule has 0 radical (unpaired) electrons. The van der Waals surface area contributed by atoms with Crippen LogP contribution in [0.15, 0.2) is 23.4 Å². The van der Waals surface area contributed by atoms with Crippen LogP contribution in [-0.4, -0.2) is 72.3 Å². The number of nitrogens with two attached hydrogens (primary N) is 1. The molecule has 3 aromatic rings. The first kappa shape index (κ1) is 26.6. The lowest BCUT2D eigenvalue weighted by Gasteiger charge is -2.26. The summed E-state index contributed by atoms with van der Waals surface area (Å²) in [6.07, 6.45) is -1.33. The SMILES string of the molecule is CCCSc1nc(N[C@@H]2C[C@H]2c2ccc(F)c(F)c2)c2nnn([C@H](O)[C@H](O)[C@H](CC)OCCN)c2n1. The van der Waals surface area contributed by atoms with Crippen molar-refractivity contribution < 1.29 is 23.7 Å². The van der Waals surface area contributed by atoms with Gasteiger partial charge in [-0.2, -0.15) is 4.68 Å². The number of aliphatic hydroxyl groups is 2. The van der Waals surface area contributed by atoms with Crippen molar-refractivity contribution in [3.8, 4) is 0 Å². The highest BCUT2D eigenvalue weighted by Gasteiger charge is 2.40. The Hall–Kier alpha value is -2.45. The van der Waals surface area contributed by atoms with E-state index in [1.54, 1.807) is 6.07 Å². The van der Waals surface area contributed by atoms with E-state index < -0.39 is 30.1 Å². The van der Waals surface area contributed by atoms with Crippen LogP contribution in [0.4, 0.5) is 14.6 Å². The Morgan fingerprint density at radius 1 is 1.25 bits per heavy atom. The van der Waals surface area contributed by atoms with E-state index in [-0.39, 0.29) is 24.2 Å². The molecule has 1 fully saturated rings. The fraction of sp³-hybridized carbons (Fsp3) is 0.565. The van der Waals surface area contributed by atoms with Crippen molar-refractivity contribution in [2.75, 3.05) is 24.2 Å². The Balaban J connectivity index is 1.60. The molecular weight excluding hydrogens is 492 g/mol. The topological polar surface area (TPSA) is 144 Å². The van der Waals surface area contributed by atoms with Gasteiger partial charge in [-0.15, -0.1) is 5.10 Å². The first-order valence-corrected chi connectivity index (χ1v) is 13.0. The number of nitrogens with one attached hydrogen (secondary N) is 1. The molecule has 0 spiro atoms. The van der Waals surface area contributed by atoms with Crippen molar-refractivity contribution in [1.82, 2.24) is 25.0 Å². The smallest absolute Gasteiger partial charge is 0.191 e. The fourth-order valence-corrected chi connectivity index (χ4v) is 4.70. The average molecular weight is 524 g/mol. The van der Waals surface area contributed by atoms with Crippen molar-refractivity contribution >= 4 is 28.7 Å². The number of aliphatic hydroxyl groups excluding tert-OH is 2. The van der Waals surface area contributed by atoms with Gasteiger partial charge in [0.1, 0.15) is 6.10 Å². The maximum Gasteiger partial charge on any atom is 0.191 e. The Bertz CT molecular complexity index is 1180. The third-order valence-corrected chi connectivity index (χ3v) is 7.07. The lowest BCUT2D eigenvalue weighted by molar-refractivity contribution is -0.117. The molecule has 13 heteroatoms. The maximum atomic E-state index is 13.7. The molecule has 36 heavy (non-hydrogen) atoms. The number of hydrogen-bond donors (Lipinski definition) is 4. The lowest BCUT2D eigenvalue weighted by Crippen LogP contribution is -2.38. The normalized spacial score (nSPS) is 19.9. The van der Waals surface area contributed by atoms with Gasteiger partial charge in [-0.1, -0.05) is 36.9 Å². The number of benzene rings is 1. The quantitative estimate of drug-likeness (QED) is 0.195. The van der Waals surface area contributed by atoms with E-state index in [2.05, 4.69) is 25.6 Å². The van der Waals surface area contributed by atoms with Crippen molar-refractivity contribution in [3.05, 3.63) is 35.4 Å². The van der Waals surface area contributed by atoms with Gasteiger partial charge < -0.3 is 26.0 Å². The molecule has 2 aromatic heterocycles. The van der Waals surface area contributed by atoms with Gasteiger partial charge in [-0.25, -0.2) is 18.7 Å². The van der Waals surface area contributed by atoms with E-state index in [4.69, 9.17) is 10.5 Å². The lowest BCUT2D eigenvalue weighted by atomic mass is 10.1. The summed E-state index contributed by atoms with van der Waals surface area (Å²) in [4.78, 5) is 9.13. The molecule has 1 aromatic carbocycles. The summed E-state index contributed by atoms with van der Waals surface area (Å²) in [6, 6.07) is 3.85. The second-order valence-electron chi connectivity index (χ2n) is 8.69. The number of hydrogen-bond acceptors (Lipinski definition) is 10. The van der Waals surface area contributed by atoms with Crippen molar-refractivity contribution in [2.45, 2.75) is 68.7 Å². The molecule has 10 nitrogen and oxygen atoms in total. The van der Waals surface area contributed by atoms with Crippen LogP contribution < -0.4 is 11.1 Å². The Kier molecular flexibility index (Phi) is 8.67. The third kappa shape index (κ3) is 5.75. The van der Waals surface area contributed by atoms with Crippen molar-refractivity contribution in [3.63, 3.8) is 0 Å². The van der Waals surface area contributed by atoms with E-state index in [9.17, 15) is 19.0 Å². The van der Waals surface area contributed by atoms with Gasteiger partial charge in [0.2, 0.25) is 0 Å². The summed E-state index contributed by atoms with van der Waals surface area (Å²) < 4.78 is 33.8. The van der Waals surface area contributed by atoms with Crippen LogP contribution in [0, 0.1) is 11.6 Å². The summed E-state index contributed by atoms with van der Waals surface area (Å²) in [6.45, 7) is 4.41. The van der Waals surface area contributed by atoms with Crippen LogP contribution in [0.3, 0.4) is 0 Å². The Labute approximate surface area is 211 Å². The monoisotopic (exact) mass is 523 g/mol. The maximum absolute atomic E-state index is 13.7. The zero-order valence-electron chi connectivity index (χ0n) is 20.1. The molecule has 5 atom stereocenters. The molecule has 2 heterocycles. The molecule has 1 saturated carbocycles. The predicted molar refractivity (Wildman–Crippen MR) is 132 cm³/mol. The van der Waals surface area contributed by atoms with Crippen LogP contribution in [0.25, 0.3) is 11.2 Å². The number of rotatable bonds is 13. The molecule has 0 unspecified atom stereocenters. The van der Waals surface area contributed by atoms with E-state index in [1.807, 2.05) is 13.8 Å². The molecule has 196 valence electrons. The van der Waals surface area contributed by atoms with E-state index in [1.165, 1.54) is 17.8 Å². The summed E-state index contributed by atoms with van der Waals surface area (Å²) in [5.74, 6) is -0.562. The van der Waals surface area contributed by atoms with Gasteiger partial charge in [0.25, 0.3) is 0 Å². The van der Waals surface area contributed by atoms with Gasteiger partial charge in [0.05, 0.1) is 12.7 Å². The molecule has 4 rings (SSSR count). The average Bonchev–Trinajstić information content (AvgIpc) is 3.51. The molecule has 0 bridgehead atoms. The van der Waals surface area contributed by atoms with Gasteiger partial charge in [0.15, 0.2) is 40.0 Å². The van der Waals surface area contributed by atoms with Gasteiger partial charge in [0, 0.05) is 24.3 Å². The van der Waals surface area contributed by atoms with Crippen LogP contribution in [-0.2, 0) is 4.74 Å². The standard InChI is InChI=1S/C23H31F2N7O3S/c1-3-9-36-23-28-20(27-16-11-13(16)12-5-6-14(24)15(25)10-12)18-21(29-23)32(31-30-18)22(34)19(33)17(4-2)35-8-7-26/h5-6,10,13,16-17,19,22,33-34H,3-4,7-9,11,26H2,1-2H3,(H,27,28,29)/t13-,16+,17-,19+,22+/m0/s1. The van der Waals surface area contributed by atoms with Crippen LogP contribution >= 0.6 is 11.8 Å². The molecule has 0 amide bonds. The zero-order chi connectivity index (χ0) is 25.8. The Morgan fingerprint density at radius 2 is 2.06 bits per heavy atom. The van der Waals surface area contributed by atoms with Crippen LogP contribution in [0.5, 0.6) is 0 Å². The predicted octanol–water partition coefficient (Wildman–Crippen LogP) is 2.58. The highest BCUT2D eigenvalue weighted by atomic mass is 32.2. The first-order chi connectivity index (χ1) is 17.4. The van der Waals surface area contributed by atoms with Gasteiger partial charge in [-0.3, -0.25) is 0 Å². The number of fused-ring (bicyclic) bond motifs is 1.